The number of benzene rings is 1. The van der Waals surface area contributed by atoms with E-state index < -0.39 is 0 Å². The third-order valence-electron chi connectivity index (χ3n) is 3.90. The molecule has 1 fully saturated rings. The molecule has 0 bridgehead atoms. The Morgan fingerprint density at radius 2 is 1.95 bits per heavy atom. The molecular weight excluding hydrogens is 266 g/mol. The number of carbonyl (C=O) groups excluding carboxylic acids is 1. The van der Waals surface area contributed by atoms with E-state index in [0.717, 1.165) is 30.1 Å². The van der Waals surface area contributed by atoms with Gasteiger partial charge in [-0.05, 0) is 49.6 Å². The average molecular weight is 285 g/mol. The highest BCUT2D eigenvalue weighted by Gasteiger charge is 2.16. The first-order chi connectivity index (χ1) is 10.3. The summed E-state index contributed by atoms with van der Waals surface area (Å²) < 4.78 is 11.0. The summed E-state index contributed by atoms with van der Waals surface area (Å²) in [6.45, 7) is 2.15. The molecule has 4 heteroatoms. The molecule has 0 saturated carbocycles. The summed E-state index contributed by atoms with van der Waals surface area (Å²) in [5, 5.41) is 0. The molecule has 1 aromatic heterocycles. The lowest BCUT2D eigenvalue weighted by molar-refractivity contribution is 0.110. The van der Waals surface area contributed by atoms with Crippen LogP contribution in [0.2, 0.25) is 0 Å². The molecule has 1 aliphatic rings. The van der Waals surface area contributed by atoms with E-state index in [1.807, 2.05) is 12.1 Å². The van der Waals surface area contributed by atoms with Crippen LogP contribution < -0.4 is 9.64 Å². The van der Waals surface area contributed by atoms with E-state index in [4.69, 9.17) is 9.15 Å². The molecule has 1 aromatic carbocycles. The summed E-state index contributed by atoms with van der Waals surface area (Å²) in [7, 11) is 1.69. The van der Waals surface area contributed by atoms with Crippen LogP contribution in [-0.2, 0) is 0 Å². The smallest absolute Gasteiger partial charge is 0.185 e. The number of methoxy groups -OCH3 is 1. The largest absolute Gasteiger partial charge is 0.495 e. The normalized spacial score (nSPS) is 15.0. The zero-order valence-electron chi connectivity index (χ0n) is 12.2. The summed E-state index contributed by atoms with van der Waals surface area (Å²) >= 11 is 0. The van der Waals surface area contributed by atoms with Crippen LogP contribution in [0.3, 0.4) is 0 Å². The van der Waals surface area contributed by atoms with Crippen LogP contribution in [0, 0.1) is 0 Å². The minimum Gasteiger partial charge on any atom is -0.495 e. The van der Waals surface area contributed by atoms with Gasteiger partial charge in [0, 0.05) is 18.7 Å². The monoisotopic (exact) mass is 285 g/mol. The van der Waals surface area contributed by atoms with Crippen molar-refractivity contribution in [1.82, 2.24) is 0 Å². The highest BCUT2D eigenvalue weighted by Crippen LogP contribution is 2.35. The molecule has 0 amide bonds. The van der Waals surface area contributed by atoms with Gasteiger partial charge in [-0.3, -0.25) is 4.79 Å². The molecule has 0 radical (unpaired) electrons. The molecule has 21 heavy (non-hydrogen) atoms. The molecule has 0 spiro atoms. The fraction of sp³-hybridized carbons (Fsp3) is 0.353. The summed E-state index contributed by atoms with van der Waals surface area (Å²) in [5.74, 6) is 1.86. The molecule has 0 unspecified atom stereocenters. The summed E-state index contributed by atoms with van der Waals surface area (Å²) in [4.78, 5) is 13.1. The van der Waals surface area contributed by atoms with Crippen molar-refractivity contribution in [3.8, 4) is 17.1 Å². The van der Waals surface area contributed by atoms with Crippen molar-refractivity contribution in [2.24, 2.45) is 0 Å². The molecule has 3 rings (SSSR count). The Labute approximate surface area is 124 Å². The number of hydrogen-bond acceptors (Lipinski definition) is 4. The van der Waals surface area contributed by atoms with Crippen molar-refractivity contribution in [2.75, 3.05) is 25.1 Å². The van der Waals surface area contributed by atoms with E-state index in [-0.39, 0.29) is 0 Å². The lowest BCUT2D eigenvalue weighted by Gasteiger charge is -2.30. The number of ether oxygens (including phenoxy) is 1. The Morgan fingerprint density at radius 1 is 1.14 bits per heavy atom. The quantitative estimate of drug-likeness (QED) is 0.802. The lowest BCUT2D eigenvalue weighted by atomic mass is 10.1. The van der Waals surface area contributed by atoms with Crippen LogP contribution in [0.5, 0.6) is 5.75 Å². The van der Waals surface area contributed by atoms with Crippen molar-refractivity contribution in [3.05, 3.63) is 36.1 Å². The van der Waals surface area contributed by atoms with E-state index in [1.165, 1.54) is 19.3 Å². The van der Waals surface area contributed by atoms with Gasteiger partial charge in [0.1, 0.15) is 11.5 Å². The topological polar surface area (TPSA) is 42.7 Å². The van der Waals surface area contributed by atoms with Gasteiger partial charge in [-0.15, -0.1) is 0 Å². The van der Waals surface area contributed by atoms with Gasteiger partial charge in [0.15, 0.2) is 12.0 Å². The molecule has 0 aliphatic carbocycles. The number of furan rings is 1. The van der Waals surface area contributed by atoms with Crippen LogP contribution in [0.15, 0.2) is 34.7 Å². The van der Waals surface area contributed by atoms with Crippen molar-refractivity contribution in [2.45, 2.75) is 19.3 Å². The summed E-state index contributed by atoms with van der Waals surface area (Å²) in [5.41, 5.74) is 2.05. The number of rotatable bonds is 4. The lowest BCUT2D eigenvalue weighted by Crippen LogP contribution is -2.29. The van der Waals surface area contributed by atoms with Crippen LogP contribution in [0.4, 0.5) is 5.69 Å². The molecule has 0 atom stereocenters. The highest BCUT2D eigenvalue weighted by molar-refractivity contribution is 5.74. The van der Waals surface area contributed by atoms with Crippen LogP contribution >= 0.6 is 0 Å². The predicted molar refractivity (Wildman–Crippen MR) is 82.1 cm³/mol. The SMILES string of the molecule is COc1cc(-c2ccc(C=O)o2)ccc1N1CCCCC1. The third kappa shape index (κ3) is 2.79. The van der Waals surface area contributed by atoms with Gasteiger partial charge in [-0.2, -0.15) is 0 Å². The van der Waals surface area contributed by atoms with E-state index >= 15 is 0 Å². The second kappa shape index (κ2) is 6.04. The van der Waals surface area contributed by atoms with E-state index in [9.17, 15) is 4.79 Å². The first-order valence-corrected chi connectivity index (χ1v) is 7.30. The van der Waals surface area contributed by atoms with Crippen molar-refractivity contribution in [3.63, 3.8) is 0 Å². The number of nitrogens with zero attached hydrogens (tertiary/aromatic N) is 1. The average Bonchev–Trinajstić information content (AvgIpc) is 3.04. The predicted octanol–water partition coefficient (Wildman–Crippen LogP) is 3.76. The van der Waals surface area contributed by atoms with Gasteiger partial charge in [-0.1, -0.05) is 0 Å². The Bertz CT molecular complexity index is 627. The number of aldehydes is 1. The van der Waals surface area contributed by atoms with Crippen molar-refractivity contribution in [1.29, 1.82) is 0 Å². The number of piperidine rings is 1. The Balaban J connectivity index is 1.92. The second-order valence-corrected chi connectivity index (χ2v) is 5.25. The first kappa shape index (κ1) is 13.7. The Kier molecular flexibility index (Phi) is 3.95. The maximum Gasteiger partial charge on any atom is 0.185 e. The van der Waals surface area contributed by atoms with E-state index in [0.29, 0.717) is 17.8 Å². The van der Waals surface area contributed by atoms with Crippen molar-refractivity contribution < 1.29 is 13.9 Å². The molecule has 110 valence electrons. The molecule has 4 nitrogen and oxygen atoms in total. The highest BCUT2D eigenvalue weighted by atomic mass is 16.5. The molecular formula is C17H19NO3. The number of hydrogen-bond donors (Lipinski definition) is 0. The van der Waals surface area contributed by atoms with Crippen LogP contribution in [-0.4, -0.2) is 26.5 Å². The Hall–Kier alpha value is -2.23. The zero-order chi connectivity index (χ0) is 14.7. The fourth-order valence-electron chi connectivity index (χ4n) is 2.80. The fourth-order valence-corrected chi connectivity index (χ4v) is 2.80. The minimum atomic E-state index is 0.337. The number of anilines is 1. The van der Waals surface area contributed by atoms with Crippen molar-refractivity contribution >= 4 is 12.0 Å². The molecule has 2 aromatic rings. The summed E-state index contributed by atoms with van der Waals surface area (Å²) in [6.07, 6.45) is 4.47. The van der Waals surface area contributed by atoms with Gasteiger partial charge in [0.2, 0.25) is 0 Å². The summed E-state index contributed by atoms with van der Waals surface area (Å²) in [6, 6.07) is 9.53. The molecule has 1 aliphatic heterocycles. The maximum absolute atomic E-state index is 10.7. The van der Waals surface area contributed by atoms with E-state index in [1.54, 1.807) is 19.2 Å². The number of carbonyl (C=O) groups is 1. The third-order valence-corrected chi connectivity index (χ3v) is 3.90. The van der Waals surface area contributed by atoms with Crippen LogP contribution in [0.25, 0.3) is 11.3 Å². The molecule has 2 heterocycles. The van der Waals surface area contributed by atoms with Crippen LogP contribution in [0.1, 0.15) is 29.8 Å². The zero-order valence-corrected chi connectivity index (χ0v) is 12.2. The minimum absolute atomic E-state index is 0.337. The first-order valence-electron chi connectivity index (χ1n) is 7.30. The maximum atomic E-state index is 10.7. The van der Waals surface area contributed by atoms with Gasteiger partial charge in [0.25, 0.3) is 0 Å². The molecule has 1 saturated heterocycles. The molecule has 0 N–H and O–H groups in total. The van der Waals surface area contributed by atoms with Gasteiger partial charge in [0.05, 0.1) is 12.8 Å². The van der Waals surface area contributed by atoms with Gasteiger partial charge < -0.3 is 14.1 Å². The van der Waals surface area contributed by atoms with Gasteiger partial charge >= 0.3 is 0 Å². The standard InChI is InChI=1S/C17H19NO3/c1-20-17-11-13(16-8-6-14(12-19)21-16)5-7-15(17)18-9-3-2-4-10-18/h5-8,11-12H,2-4,9-10H2,1H3. The van der Waals surface area contributed by atoms with Gasteiger partial charge in [-0.25, -0.2) is 0 Å². The van der Waals surface area contributed by atoms with E-state index in [2.05, 4.69) is 11.0 Å². The second-order valence-electron chi connectivity index (χ2n) is 5.25. The Morgan fingerprint density at radius 3 is 2.62 bits per heavy atom.